The van der Waals surface area contributed by atoms with Gasteiger partial charge in [-0.3, -0.25) is 0 Å². The number of halogens is 2. The van der Waals surface area contributed by atoms with Gasteiger partial charge in [-0.1, -0.05) is 0 Å². The number of carbonyl (C=O) groups is 2. The van der Waals surface area contributed by atoms with Gasteiger partial charge in [-0.2, -0.15) is 0 Å². The van der Waals surface area contributed by atoms with Crippen molar-refractivity contribution in [1.82, 2.24) is 0 Å². The molecule has 0 rings (SSSR count). The first-order valence-corrected chi connectivity index (χ1v) is 19.2. The Morgan fingerprint density at radius 3 is 1.07 bits per heavy atom. The van der Waals surface area contributed by atoms with E-state index >= 15 is 0 Å². The average Bonchev–Trinajstić information content (AvgIpc) is 2.63. The predicted octanol–water partition coefficient (Wildman–Crippen LogP) is 6.50. The Hall–Kier alpha value is 0.400. The third-order valence-corrected chi connectivity index (χ3v) is 19.5. The Bertz CT molecular complexity index is 352. The van der Waals surface area contributed by atoms with Crippen LogP contribution in [0.5, 0.6) is 0 Å². The SMILES string of the molecule is CCCCI(CCCC)C(CC(C(=O)O)I(CCCC)CCCC)C(=O)O. The van der Waals surface area contributed by atoms with Crippen LogP contribution in [0.2, 0.25) is 0 Å². The van der Waals surface area contributed by atoms with E-state index in [1.165, 1.54) is 0 Å². The zero-order valence-electron chi connectivity index (χ0n) is 17.8. The van der Waals surface area contributed by atoms with Gasteiger partial charge >= 0.3 is 182 Å². The molecule has 0 aromatic rings. The number of alkyl halides is 6. The zero-order valence-corrected chi connectivity index (χ0v) is 22.1. The van der Waals surface area contributed by atoms with Crippen LogP contribution < -0.4 is 0 Å². The summed E-state index contributed by atoms with van der Waals surface area (Å²) in [6, 6.07) is 0. The molecule has 164 valence electrons. The minimum absolute atomic E-state index is 0.337. The monoisotopic (exact) mass is 612 g/mol. The van der Waals surface area contributed by atoms with Crippen LogP contribution in [0.3, 0.4) is 0 Å². The topological polar surface area (TPSA) is 74.6 Å². The van der Waals surface area contributed by atoms with Gasteiger partial charge in [0.1, 0.15) is 0 Å². The zero-order chi connectivity index (χ0) is 20.7. The Balaban J connectivity index is 5.40. The Labute approximate surface area is 181 Å². The third kappa shape index (κ3) is 11.9. The van der Waals surface area contributed by atoms with E-state index in [9.17, 15) is 19.8 Å². The van der Waals surface area contributed by atoms with Crippen LogP contribution in [0.1, 0.15) is 85.5 Å². The first-order chi connectivity index (χ1) is 12.9. The molecule has 0 saturated carbocycles. The summed E-state index contributed by atoms with van der Waals surface area (Å²) in [5.74, 6) is -1.42. The number of unbranched alkanes of at least 4 members (excludes halogenated alkanes) is 4. The maximum atomic E-state index is 12.1. The van der Waals surface area contributed by atoms with Crippen LogP contribution in [-0.2, 0) is 9.59 Å². The minimum atomic E-state index is -1.68. The average molecular weight is 612 g/mol. The molecule has 0 radical (unpaired) electrons. The van der Waals surface area contributed by atoms with Crippen molar-refractivity contribution >= 4 is 51.6 Å². The van der Waals surface area contributed by atoms with Gasteiger partial charge in [-0.15, -0.1) is 0 Å². The van der Waals surface area contributed by atoms with Crippen LogP contribution in [0.4, 0.5) is 0 Å². The molecular weight excluding hydrogens is 570 g/mol. The van der Waals surface area contributed by atoms with Gasteiger partial charge in [0, 0.05) is 0 Å². The molecule has 0 aromatic heterocycles. The van der Waals surface area contributed by atoms with E-state index in [2.05, 4.69) is 27.7 Å². The molecule has 0 bridgehead atoms. The van der Waals surface area contributed by atoms with E-state index in [0.29, 0.717) is 6.42 Å². The summed E-state index contributed by atoms with van der Waals surface area (Å²) >= 11 is -3.35. The van der Waals surface area contributed by atoms with Gasteiger partial charge in [-0.05, 0) is 0 Å². The first kappa shape index (κ1) is 27.4. The summed E-state index contributed by atoms with van der Waals surface area (Å²) in [5.41, 5.74) is 0. The molecule has 0 spiro atoms. The Morgan fingerprint density at radius 1 is 0.630 bits per heavy atom. The Kier molecular flexibility index (Phi) is 17.5. The third-order valence-electron chi connectivity index (χ3n) is 4.61. The summed E-state index contributed by atoms with van der Waals surface area (Å²) in [4.78, 5) is 24.3. The van der Waals surface area contributed by atoms with Crippen molar-refractivity contribution in [1.29, 1.82) is 0 Å². The molecule has 0 aliphatic carbocycles. The van der Waals surface area contributed by atoms with Gasteiger partial charge in [0.25, 0.3) is 0 Å². The number of hydrogen-bond acceptors (Lipinski definition) is 2. The van der Waals surface area contributed by atoms with E-state index in [0.717, 1.165) is 69.1 Å². The second-order valence-electron chi connectivity index (χ2n) is 7.01. The normalized spacial score (nSPS) is 14.5. The van der Waals surface area contributed by atoms with Gasteiger partial charge in [0.2, 0.25) is 0 Å². The van der Waals surface area contributed by atoms with Crippen molar-refractivity contribution in [2.24, 2.45) is 0 Å². The predicted molar refractivity (Wildman–Crippen MR) is 135 cm³/mol. The van der Waals surface area contributed by atoms with Crippen LogP contribution in [0.15, 0.2) is 0 Å². The van der Waals surface area contributed by atoms with Crippen LogP contribution in [0.25, 0.3) is 0 Å². The van der Waals surface area contributed by atoms with E-state index in [4.69, 9.17) is 0 Å². The van der Waals surface area contributed by atoms with Crippen molar-refractivity contribution in [3.8, 4) is 0 Å². The van der Waals surface area contributed by atoms with Gasteiger partial charge in [0.15, 0.2) is 0 Å². The molecule has 0 heterocycles. The molecule has 2 N–H and O–H groups in total. The van der Waals surface area contributed by atoms with E-state index in [1.807, 2.05) is 0 Å². The van der Waals surface area contributed by atoms with E-state index in [1.54, 1.807) is 0 Å². The van der Waals surface area contributed by atoms with Crippen molar-refractivity contribution < 1.29 is 19.8 Å². The molecule has 4 nitrogen and oxygen atoms in total. The second kappa shape index (κ2) is 17.3. The van der Waals surface area contributed by atoms with Crippen LogP contribution >= 0.6 is 39.6 Å². The molecule has 6 heteroatoms. The van der Waals surface area contributed by atoms with Crippen molar-refractivity contribution in [3.63, 3.8) is 0 Å². The van der Waals surface area contributed by atoms with Crippen molar-refractivity contribution in [2.45, 2.75) is 93.3 Å². The quantitative estimate of drug-likeness (QED) is 0.137. The first-order valence-electron chi connectivity index (χ1n) is 10.6. The number of carboxylic acid groups (broad SMARTS) is 2. The van der Waals surface area contributed by atoms with Crippen LogP contribution in [-0.4, -0.2) is 47.7 Å². The summed E-state index contributed by atoms with van der Waals surface area (Å²) < 4.78 is 3.61. The second-order valence-corrected chi connectivity index (χ2v) is 20.0. The maximum absolute atomic E-state index is 12.1. The molecule has 2 atom stereocenters. The van der Waals surface area contributed by atoms with E-state index in [-0.39, 0.29) is 7.85 Å². The molecule has 0 aliphatic heterocycles. The number of carboxylic acids is 2. The molecule has 27 heavy (non-hydrogen) atoms. The fourth-order valence-electron chi connectivity index (χ4n) is 2.84. The van der Waals surface area contributed by atoms with Crippen molar-refractivity contribution in [3.05, 3.63) is 0 Å². The molecular formula is C21H42I2O4. The molecule has 0 saturated heterocycles. The summed E-state index contributed by atoms with van der Waals surface area (Å²) in [6.45, 7) is 8.62. The Morgan fingerprint density at radius 2 is 0.889 bits per heavy atom. The van der Waals surface area contributed by atoms with E-state index < -0.39 is 51.6 Å². The summed E-state index contributed by atoms with van der Waals surface area (Å²) in [6.07, 6.45) is 9.23. The molecule has 0 aromatic carbocycles. The standard InChI is InChI=1S/C21H42I2O4/c1-5-9-13-22(14-10-6-2)18(20(24)25)17-19(21(26)27)23(15-11-7-3)16-12-8-4/h18-19H,5-17H2,1-4H3,(H,24,25)(H,26,27). The van der Waals surface area contributed by atoms with Gasteiger partial charge in [-0.25, -0.2) is 0 Å². The number of rotatable bonds is 18. The number of hydrogen-bond donors (Lipinski definition) is 2. The molecule has 2 unspecified atom stereocenters. The van der Waals surface area contributed by atoms with Gasteiger partial charge < -0.3 is 0 Å². The number of aliphatic carboxylic acids is 2. The molecule has 0 aliphatic rings. The fourth-order valence-corrected chi connectivity index (χ4v) is 18.8. The molecule has 0 amide bonds. The summed E-state index contributed by atoms with van der Waals surface area (Å²) in [5, 5.41) is 19.9. The molecule has 0 fully saturated rings. The summed E-state index contributed by atoms with van der Waals surface area (Å²) in [7, 11) is 0. The fraction of sp³-hybridized carbons (Fsp3) is 0.905. The van der Waals surface area contributed by atoms with Crippen LogP contribution in [0, 0.1) is 0 Å². The van der Waals surface area contributed by atoms with Gasteiger partial charge in [0.05, 0.1) is 0 Å². The van der Waals surface area contributed by atoms with Crippen molar-refractivity contribution in [2.75, 3.05) is 17.7 Å².